The van der Waals surface area contributed by atoms with Crippen molar-refractivity contribution in [2.24, 2.45) is 17.3 Å². The second-order valence-electron chi connectivity index (χ2n) is 7.50. The van der Waals surface area contributed by atoms with Gasteiger partial charge in [0.15, 0.2) is 0 Å². The van der Waals surface area contributed by atoms with E-state index in [9.17, 15) is 5.11 Å². The van der Waals surface area contributed by atoms with Crippen LogP contribution in [0.3, 0.4) is 0 Å². The van der Waals surface area contributed by atoms with Gasteiger partial charge in [-0.1, -0.05) is 41.5 Å². The van der Waals surface area contributed by atoms with E-state index in [1.54, 1.807) is 0 Å². The van der Waals surface area contributed by atoms with Crippen molar-refractivity contribution >= 4 is 0 Å². The molecule has 0 saturated carbocycles. The molecule has 0 heterocycles. The van der Waals surface area contributed by atoms with Gasteiger partial charge in [0.2, 0.25) is 0 Å². The third-order valence-corrected chi connectivity index (χ3v) is 3.08. The van der Waals surface area contributed by atoms with E-state index in [0.717, 1.165) is 25.2 Å². The second kappa shape index (κ2) is 6.05. The molecule has 0 bridgehead atoms. The van der Waals surface area contributed by atoms with Crippen LogP contribution in [0.4, 0.5) is 0 Å². The molecular weight excluding hydrogens is 196 g/mol. The average molecular weight is 228 g/mol. The van der Waals surface area contributed by atoms with Gasteiger partial charge in [0.25, 0.3) is 0 Å². The smallest absolute Gasteiger partial charge is 0.0622 e. The Morgan fingerprint density at radius 1 is 0.938 bits per heavy atom. The molecule has 2 atom stereocenters. The Morgan fingerprint density at radius 3 is 1.81 bits per heavy atom. The molecule has 0 spiro atoms. The van der Waals surface area contributed by atoms with Gasteiger partial charge in [0, 0.05) is 0 Å². The lowest BCUT2D eigenvalue weighted by atomic mass is 9.80. The van der Waals surface area contributed by atoms with Gasteiger partial charge < -0.3 is 5.11 Å². The number of hydrogen-bond donors (Lipinski definition) is 1. The van der Waals surface area contributed by atoms with Gasteiger partial charge in [0.05, 0.1) is 5.60 Å². The summed E-state index contributed by atoms with van der Waals surface area (Å²) in [6.07, 6.45) is 4.15. The maximum absolute atomic E-state index is 10.4. The highest BCUT2D eigenvalue weighted by atomic mass is 16.3. The highest BCUT2D eigenvalue weighted by molar-refractivity contribution is 4.78. The Hall–Kier alpha value is -0.0400. The summed E-state index contributed by atoms with van der Waals surface area (Å²) in [5.41, 5.74) is -0.160. The molecule has 0 amide bonds. The number of rotatable bonds is 6. The normalized spacial score (nSPS) is 18.6. The maximum atomic E-state index is 10.4. The monoisotopic (exact) mass is 228 g/mol. The van der Waals surface area contributed by atoms with Crippen LogP contribution in [0.1, 0.15) is 74.1 Å². The van der Waals surface area contributed by atoms with Gasteiger partial charge in [0.1, 0.15) is 0 Å². The predicted molar refractivity (Wildman–Crippen MR) is 72.5 cm³/mol. The molecule has 98 valence electrons. The summed E-state index contributed by atoms with van der Waals surface area (Å²) >= 11 is 0. The molecule has 1 N–H and O–H groups in total. The van der Waals surface area contributed by atoms with E-state index in [0.29, 0.717) is 11.3 Å². The SMILES string of the molecule is CC(C)CC(C)CC(C)(O)CCC(C)(C)C. The second-order valence-corrected chi connectivity index (χ2v) is 7.50. The van der Waals surface area contributed by atoms with Crippen LogP contribution in [0.15, 0.2) is 0 Å². The van der Waals surface area contributed by atoms with Gasteiger partial charge in [-0.2, -0.15) is 0 Å². The van der Waals surface area contributed by atoms with Gasteiger partial charge in [-0.25, -0.2) is 0 Å². The topological polar surface area (TPSA) is 20.2 Å². The first kappa shape index (κ1) is 16.0. The molecule has 0 aromatic carbocycles. The maximum Gasteiger partial charge on any atom is 0.0622 e. The molecule has 0 aromatic rings. The van der Waals surface area contributed by atoms with Crippen LogP contribution in [0, 0.1) is 17.3 Å². The third kappa shape index (κ3) is 9.21. The first-order valence-corrected chi connectivity index (χ1v) is 6.74. The van der Waals surface area contributed by atoms with Crippen molar-refractivity contribution < 1.29 is 5.11 Å². The summed E-state index contributed by atoms with van der Waals surface area (Å²) in [6.45, 7) is 15.5. The quantitative estimate of drug-likeness (QED) is 0.702. The Kier molecular flexibility index (Phi) is 6.03. The third-order valence-electron chi connectivity index (χ3n) is 3.08. The predicted octanol–water partition coefficient (Wildman–Crippen LogP) is 4.64. The van der Waals surface area contributed by atoms with Crippen LogP contribution in [0.2, 0.25) is 0 Å². The van der Waals surface area contributed by atoms with Crippen LogP contribution in [-0.4, -0.2) is 10.7 Å². The Labute approximate surface area is 103 Å². The van der Waals surface area contributed by atoms with Crippen LogP contribution >= 0.6 is 0 Å². The van der Waals surface area contributed by atoms with Crippen molar-refractivity contribution in [1.82, 2.24) is 0 Å². The molecule has 1 heteroatoms. The summed E-state index contributed by atoms with van der Waals surface area (Å²) in [4.78, 5) is 0. The van der Waals surface area contributed by atoms with Crippen molar-refractivity contribution in [3.63, 3.8) is 0 Å². The van der Waals surface area contributed by atoms with E-state index in [4.69, 9.17) is 0 Å². The fourth-order valence-corrected chi connectivity index (χ4v) is 2.39. The van der Waals surface area contributed by atoms with E-state index in [1.807, 2.05) is 6.92 Å². The molecule has 0 rings (SSSR count). The standard InChI is InChI=1S/C15H32O/c1-12(2)10-13(3)11-15(7,16)9-8-14(4,5)6/h12-13,16H,8-11H2,1-7H3. The van der Waals surface area contributed by atoms with Crippen molar-refractivity contribution in [2.75, 3.05) is 0 Å². The molecule has 0 fully saturated rings. The molecule has 0 radical (unpaired) electrons. The zero-order valence-corrected chi connectivity index (χ0v) is 12.4. The van der Waals surface area contributed by atoms with Crippen molar-refractivity contribution in [3.05, 3.63) is 0 Å². The fraction of sp³-hybridized carbons (Fsp3) is 1.00. The minimum atomic E-state index is -0.485. The average Bonchev–Trinajstić information content (AvgIpc) is 1.96. The molecule has 16 heavy (non-hydrogen) atoms. The van der Waals surface area contributed by atoms with E-state index in [1.165, 1.54) is 6.42 Å². The van der Waals surface area contributed by atoms with Crippen molar-refractivity contribution in [1.29, 1.82) is 0 Å². The molecule has 0 aliphatic rings. The minimum absolute atomic E-state index is 0.325. The molecular formula is C15H32O. The van der Waals surface area contributed by atoms with E-state index >= 15 is 0 Å². The summed E-state index contributed by atoms with van der Waals surface area (Å²) in [6, 6.07) is 0. The van der Waals surface area contributed by atoms with Crippen LogP contribution in [-0.2, 0) is 0 Å². The largest absolute Gasteiger partial charge is 0.390 e. The highest BCUT2D eigenvalue weighted by Crippen LogP contribution is 2.30. The Balaban J connectivity index is 4.03. The Bertz CT molecular complexity index is 186. The molecule has 0 aliphatic heterocycles. The van der Waals surface area contributed by atoms with Gasteiger partial charge >= 0.3 is 0 Å². The molecule has 0 aliphatic carbocycles. The summed E-state index contributed by atoms with van der Waals surface area (Å²) in [5.74, 6) is 1.35. The van der Waals surface area contributed by atoms with E-state index in [-0.39, 0.29) is 0 Å². The van der Waals surface area contributed by atoms with Crippen LogP contribution < -0.4 is 0 Å². The molecule has 1 nitrogen and oxygen atoms in total. The molecule has 2 unspecified atom stereocenters. The first-order chi connectivity index (χ1) is 7.02. The van der Waals surface area contributed by atoms with Crippen molar-refractivity contribution in [3.8, 4) is 0 Å². The summed E-state index contributed by atoms with van der Waals surface area (Å²) in [7, 11) is 0. The van der Waals surface area contributed by atoms with Gasteiger partial charge in [-0.05, 0) is 49.9 Å². The minimum Gasteiger partial charge on any atom is -0.390 e. The highest BCUT2D eigenvalue weighted by Gasteiger charge is 2.25. The zero-order chi connectivity index (χ0) is 13.0. The van der Waals surface area contributed by atoms with E-state index in [2.05, 4.69) is 41.5 Å². The Morgan fingerprint density at radius 2 is 1.44 bits per heavy atom. The van der Waals surface area contributed by atoms with Crippen molar-refractivity contribution in [2.45, 2.75) is 79.8 Å². The number of hydrogen-bond acceptors (Lipinski definition) is 1. The van der Waals surface area contributed by atoms with Crippen LogP contribution in [0.25, 0.3) is 0 Å². The first-order valence-electron chi connectivity index (χ1n) is 6.74. The van der Waals surface area contributed by atoms with Gasteiger partial charge in [-0.3, -0.25) is 0 Å². The summed E-state index contributed by atoms with van der Waals surface area (Å²) < 4.78 is 0. The lowest BCUT2D eigenvalue weighted by molar-refractivity contribution is 0.0152. The number of aliphatic hydroxyl groups is 1. The van der Waals surface area contributed by atoms with Gasteiger partial charge in [-0.15, -0.1) is 0 Å². The molecule has 0 aromatic heterocycles. The van der Waals surface area contributed by atoms with E-state index < -0.39 is 5.60 Å². The van der Waals surface area contributed by atoms with Crippen LogP contribution in [0.5, 0.6) is 0 Å². The fourth-order valence-electron chi connectivity index (χ4n) is 2.39. The lowest BCUT2D eigenvalue weighted by Crippen LogP contribution is -2.29. The zero-order valence-electron chi connectivity index (χ0n) is 12.4. The lowest BCUT2D eigenvalue weighted by Gasteiger charge is -2.30. The molecule has 0 saturated heterocycles. The summed E-state index contributed by atoms with van der Waals surface area (Å²) in [5, 5.41) is 10.4.